The molecule has 5 heteroatoms. The average Bonchev–Trinajstić information content (AvgIpc) is 3.74. The van der Waals surface area contributed by atoms with Gasteiger partial charge < -0.3 is 29.6 Å². The number of halogens is 2. The van der Waals surface area contributed by atoms with Crippen LogP contribution in [0.15, 0.2) is 78.9 Å². The van der Waals surface area contributed by atoms with Gasteiger partial charge in [0.25, 0.3) is 0 Å². The molecule has 1 aliphatic carbocycles. The third-order valence-corrected chi connectivity index (χ3v) is 9.90. The van der Waals surface area contributed by atoms with Gasteiger partial charge in [0.15, 0.2) is 0 Å². The maximum Gasteiger partial charge on any atom is -0.0132 e. The number of hydrogen-bond donors (Lipinski definition) is 0. The van der Waals surface area contributed by atoms with Crippen LogP contribution < -0.4 is 29.6 Å². The van der Waals surface area contributed by atoms with Gasteiger partial charge in [-0.1, -0.05) is 126 Å². The van der Waals surface area contributed by atoms with Crippen molar-refractivity contribution in [1.29, 1.82) is 0 Å². The molecule has 0 heterocycles. The number of benzene rings is 4. The zero-order valence-corrected chi connectivity index (χ0v) is 39.3. The van der Waals surface area contributed by atoms with Gasteiger partial charge >= 0.3 is 41.9 Å². The smallest absolute Gasteiger partial charge is 0.0132 e. The van der Waals surface area contributed by atoms with Crippen molar-refractivity contribution in [2.75, 3.05) is 7.11 Å². The van der Waals surface area contributed by atoms with Gasteiger partial charge in [0.2, 0.25) is 0 Å². The van der Waals surface area contributed by atoms with Crippen LogP contribution in [-0.4, -0.2) is 12.5 Å². The Kier molecular flexibility index (Phi) is 15.3. The van der Waals surface area contributed by atoms with Crippen LogP contribution in [0.3, 0.4) is 0 Å². The Morgan fingerprint density at radius 1 is 0.642 bits per heavy atom. The Hall–Kier alpha value is -2.42. The molecule has 0 bridgehead atoms. The average molecular weight is 841 g/mol. The second-order valence-corrected chi connectivity index (χ2v) is 26.5. The molecule has 0 N–H and O–H groups in total. The van der Waals surface area contributed by atoms with E-state index in [0.717, 1.165) is 5.75 Å². The molecule has 0 radical (unpaired) electrons. The third-order valence-electron chi connectivity index (χ3n) is 9.90. The third kappa shape index (κ3) is 10.5. The summed E-state index contributed by atoms with van der Waals surface area (Å²) in [6.45, 7) is 26.9. The summed E-state index contributed by atoms with van der Waals surface area (Å²) in [6, 6.07) is 30.0. The van der Waals surface area contributed by atoms with Crippen LogP contribution in [0.2, 0.25) is 13.1 Å². The van der Waals surface area contributed by atoms with Gasteiger partial charge in [-0.15, -0.1) is 56.9 Å². The first-order valence-corrected chi connectivity index (χ1v) is 24.8. The monoisotopic (exact) mass is 838 g/mol. The SMILES string of the molecule is COc1c(C(C)(C)C)cc2[cH-]c(C)cc2c1-c1cc(C)cc(C)c1.C[Si](C)=[Zr+2].Cc1cc2c(-c3ccc(C(C)(C)C)cc3)c3c(cc2[cH-]1)CCC3.[Cl-].[Cl-]. The number of methoxy groups -OCH3 is 1. The van der Waals surface area contributed by atoms with Gasteiger partial charge in [-0.25, -0.2) is 0 Å². The topological polar surface area (TPSA) is 9.23 Å². The summed E-state index contributed by atoms with van der Waals surface area (Å²) in [5.41, 5.74) is 16.8. The van der Waals surface area contributed by atoms with Crippen molar-refractivity contribution in [3.05, 3.63) is 123 Å². The van der Waals surface area contributed by atoms with Crippen molar-refractivity contribution in [3.8, 4) is 28.0 Å². The Balaban J connectivity index is 0.000000251. The largest absolute Gasteiger partial charge is 1.00 e. The van der Waals surface area contributed by atoms with Gasteiger partial charge in [0, 0.05) is 0 Å². The minimum Gasteiger partial charge on any atom is -1.00 e. The molecule has 0 atom stereocenters. The summed E-state index contributed by atoms with van der Waals surface area (Å²) in [5, 5.41) is 5.43. The Labute approximate surface area is 348 Å². The molecular weight excluding hydrogens is 783 g/mol. The van der Waals surface area contributed by atoms with E-state index >= 15 is 0 Å². The molecule has 0 aromatic heterocycles. The fraction of sp³-hybridized carbons (Fsp3) is 0.375. The summed E-state index contributed by atoms with van der Waals surface area (Å²) in [5.74, 6) is 1.01. The molecule has 53 heavy (non-hydrogen) atoms. The zero-order valence-electron chi connectivity index (χ0n) is 34.3. The molecule has 0 unspecified atom stereocenters. The van der Waals surface area contributed by atoms with Crippen molar-refractivity contribution in [2.24, 2.45) is 0 Å². The Morgan fingerprint density at radius 2 is 1.15 bits per heavy atom. The summed E-state index contributed by atoms with van der Waals surface area (Å²) >= 11 is 1.74. The summed E-state index contributed by atoms with van der Waals surface area (Å²) in [4.78, 5) is 0. The normalized spacial score (nSPS) is 12.2. The first-order valence-electron chi connectivity index (χ1n) is 18.6. The molecule has 0 fully saturated rings. The number of rotatable bonds is 3. The van der Waals surface area contributed by atoms with E-state index in [4.69, 9.17) is 4.74 Å². The van der Waals surface area contributed by atoms with Crippen molar-refractivity contribution < 1.29 is 52.9 Å². The minimum absolute atomic E-state index is 0. The van der Waals surface area contributed by atoms with Crippen LogP contribution in [0, 0.1) is 27.7 Å². The summed E-state index contributed by atoms with van der Waals surface area (Å²) < 4.78 is 5.95. The van der Waals surface area contributed by atoms with Crippen LogP contribution in [0.25, 0.3) is 43.8 Å². The van der Waals surface area contributed by atoms with Crippen molar-refractivity contribution >= 4 is 27.0 Å². The van der Waals surface area contributed by atoms with Crippen LogP contribution >= 0.6 is 0 Å². The van der Waals surface area contributed by atoms with Gasteiger partial charge in [-0.05, 0) is 71.8 Å². The van der Waals surface area contributed by atoms with Crippen LogP contribution in [0.4, 0.5) is 0 Å². The molecule has 6 aromatic carbocycles. The second-order valence-electron chi connectivity index (χ2n) is 17.1. The fourth-order valence-electron chi connectivity index (χ4n) is 7.70. The summed E-state index contributed by atoms with van der Waals surface area (Å²) in [7, 11) is 1.79. The summed E-state index contributed by atoms with van der Waals surface area (Å²) in [6.07, 6.45) is 3.77. The number of ether oxygens (including phenoxy) is 1. The first kappa shape index (κ1) is 45.0. The number of hydrogen-bond acceptors (Lipinski definition) is 1. The molecular formula is C48H58Cl2OSiZr-2. The van der Waals surface area contributed by atoms with E-state index < -0.39 is 0 Å². The number of fused-ring (bicyclic) bond motifs is 3. The predicted molar refractivity (Wildman–Crippen MR) is 222 cm³/mol. The number of aryl methyl sites for hydroxylation is 5. The fourth-order valence-corrected chi connectivity index (χ4v) is 7.70. The molecule has 1 nitrogen and oxygen atoms in total. The Bertz CT molecular complexity index is 2180. The van der Waals surface area contributed by atoms with Gasteiger partial charge in [0.05, 0.1) is 7.11 Å². The van der Waals surface area contributed by atoms with Crippen molar-refractivity contribution in [2.45, 2.75) is 112 Å². The van der Waals surface area contributed by atoms with E-state index in [1.165, 1.54) is 96.4 Å². The van der Waals surface area contributed by atoms with Crippen molar-refractivity contribution in [3.63, 3.8) is 0 Å². The molecule has 0 amide bonds. The molecule has 0 spiro atoms. The van der Waals surface area contributed by atoms with E-state index in [-0.39, 0.29) is 41.1 Å². The van der Waals surface area contributed by atoms with Gasteiger partial charge in [-0.3, -0.25) is 0 Å². The minimum atomic E-state index is 0. The molecule has 280 valence electrons. The maximum atomic E-state index is 5.95. The van der Waals surface area contributed by atoms with Crippen LogP contribution in [0.5, 0.6) is 5.75 Å². The van der Waals surface area contributed by atoms with E-state index in [9.17, 15) is 0 Å². The standard InChI is InChI=1S/C23H27O.C23H25.C2H6Si.2ClH.Zr/c1-14-8-15(2)11-18(10-14)21-19-12-16(3)9-17(19)13-20(22(21)24-7)23(4,5)6;1-15-12-18-14-17-6-5-7-20(17)22(21(18)13-15)16-8-10-19(11-9-16)23(2,3)4;1-3-2;;;/h8-13H,1-7H3;8-14H,5-7H2,1-4H3;1-2H3;2*1H;/q2*-1;;;;+2/p-2. The van der Waals surface area contributed by atoms with Crippen LogP contribution in [-0.2, 0) is 47.0 Å². The molecule has 6 aromatic rings. The molecule has 7 rings (SSSR count). The Morgan fingerprint density at radius 3 is 1.64 bits per heavy atom. The molecule has 1 aliphatic rings. The molecule has 0 aliphatic heterocycles. The second kappa shape index (κ2) is 18.0. The van der Waals surface area contributed by atoms with Gasteiger partial charge in [0.1, 0.15) is 5.75 Å². The zero-order chi connectivity index (χ0) is 37.4. The van der Waals surface area contributed by atoms with Crippen molar-refractivity contribution in [1.82, 2.24) is 0 Å². The van der Waals surface area contributed by atoms with E-state index in [1.54, 1.807) is 41.6 Å². The first-order chi connectivity index (χ1) is 23.9. The maximum absolute atomic E-state index is 5.95. The molecule has 0 saturated heterocycles. The van der Waals surface area contributed by atoms with E-state index in [0.29, 0.717) is 0 Å². The van der Waals surface area contributed by atoms with Gasteiger partial charge in [-0.2, -0.15) is 12.1 Å². The van der Waals surface area contributed by atoms with E-state index in [1.807, 2.05) is 0 Å². The quantitative estimate of drug-likeness (QED) is 0.132. The van der Waals surface area contributed by atoms with E-state index in [2.05, 4.69) is 161 Å². The molecule has 0 saturated carbocycles. The van der Waals surface area contributed by atoms with Crippen LogP contribution in [0.1, 0.15) is 92.5 Å². The predicted octanol–water partition coefficient (Wildman–Crippen LogP) is 7.57.